The Kier molecular flexibility index (Phi) is 3.10. The van der Waals surface area contributed by atoms with Gasteiger partial charge in [0.25, 0.3) is 0 Å². The highest BCUT2D eigenvalue weighted by molar-refractivity contribution is 5.68. The van der Waals surface area contributed by atoms with Crippen LogP contribution in [-0.4, -0.2) is 42.3 Å². The van der Waals surface area contributed by atoms with Crippen molar-refractivity contribution in [2.45, 2.75) is 45.3 Å². The van der Waals surface area contributed by atoms with Gasteiger partial charge in [-0.1, -0.05) is 0 Å². The van der Waals surface area contributed by atoms with Crippen molar-refractivity contribution in [1.82, 2.24) is 10.2 Å². The number of likely N-dealkylation sites (tertiary alicyclic amines) is 1. The Labute approximate surface area is 97.3 Å². The number of hydrogen-bond donors (Lipinski definition) is 1. The predicted molar refractivity (Wildman–Crippen MR) is 62.3 cm³/mol. The summed E-state index contributed by atoms with van der Waals surface area (Å²) >= 11 is 0. The Bertz CT molecular complexity index is 273. The Morgan fingerprint density at radius 1 is 1.44 bits per heavy atom. The third kappa shape index (κ3) is 2.88. The molecule has 2 unspecified atom stereocenters. The van der Waals surface area contributed by atoms with E-state index in [1.54, 1.807) is 0 Å². The van der Waals surface area contributed by atoms with Crippen LogP contribution in [0.5, 0.6) is 0 Å². The summed E-state index contributed by atoms with van der Waals surface area (Å²) < 4.78 is 5.40. The van der Waals surface area contributed by atoms with Crippen LogP contribution in [0.4, 0.5) is 4.79 Å². The van der Waals surface area contributed by atoms with Crippen LogP contribution < -0.4 is 5.32 Å². The molecule has 2 heterocycles. The second-order valence-corrected chi connectivity index (χ2v) is 5.92. The van der Waals surface area contributed by atoms with Crippen LogP contribution in [-0.2, 0) is 4.74 Å². The normalized spacial score (nSPS) is 30.1. The summed E-state index contributed by atoms with van der Waals surface area (Å²) in [5.41, 5.74) is -0.393. The lowest BCUT2D eigenvalue weighted by atomic mass is 10.0. The lowest BCUT2D eigenvalue weighted by Gasteiger charge is -2.28. The first kappa shape index (κ1) is 11.7. The van der Waals surface area contributed by atoms with Crippen LogP contribution in [0.3, 0.4) is 0 Å². The number of ether oxygens (including phenoxy) is 1. The van der Waals surface area contributed by atoms with Crippen molar-refractivity contribution in [2.24, 2.45) is 5.92 Å². The molecule has 1 N–H and O–H groups in total. The van der Waals surface area contributed by atoms with Crippen molar-refractivity contribution in [2.75, 3.05) is 19.6 Å². The topological polar surface area (TPSA) is 41.6 Å². The monoisotopic (exact) mass is 226 g/mol. The number of nitrogens with zero attached hydrogens (tertiary/aromatic N) is 1. The Hall–Kier alpha value is -0.770. The smallest absolute Gasteiger partial charge is 0.410 e. The van der Waals surface area contributed by atoms with Gasteiger partial charge >= 0.3 is 6.09 Å². The molecular formula is C12H22N2O2. The molecule has 2 atom stereocenters. The zero-order chi connectivity index (χ0) is 11.8. The minimum absolute atomic E-state index is 0.165. The van der Waals surface area contributed by atoms with Gasteiger partial charge in [-0.3, -0.25) is 0 Å². The summed E-state index contributed by atoms with van der Waals surface area (Å²) in [4.78, 5) is 13.8. The maximum Gasteiger partial charge on any atom is 0.410 e. The largest absolute Gasteiger partial charge is 0.444 e. The van der Waals surface area contributed by atoms with E-state index >= 15 is 0 Å². The molecular weight excluding hydrogens is 204 g/mol. The standard InChI is InChI=1S/C12H22N2O2/c1-12(2,3)16-11(15)14-5-4-9-6-10(8-14)13-7-9/h9-10,13H,4-8H2,1-3H3. The van der Waals surface area contributed by atoms with E-state index in [0.717, 1.165) is 32.0 Å². The lowest BCUT2D eigenvalue weighted by Crippen LogP contribution is -2.44. The maximum absolute atomic E-state index is 11.9. The summed E-state index contributed by atoms with van der Waals surface area (Å²) in [7, 11) is 0. The maximum atomic E-state index is 11.9. The molecule has 2 fully saturated rings. The van der Waals surface area contributed by atoms with Gasteiger partial charge in [-0.2, -0.15) is 0 Å². The Morgan fingerprint density at radius 3 is 2.88 bits per heavy atom. The third-order valence-corrected chi connectivity index (χ3v) is 3.21. The first-order chi connectivity index (χ1) is 7.44. The molecule has 2 bridgehead atoms. The first-order valence-corrected chi connectivity index (χ1v) is 6.15. The van der Waals surface area contributed by atoms with E-state index in [1.165, 1.54) is 6.42 Å². The Morgan fingerprint density at radius 2 is 2.19 bits per heavy atom. The van der Waals surface area contributed by atoms with Crippen LogP contribution >= 0.6 is 0 Å². The Balaban J connectivity index is 1.92. The molecule has 0 aliphatic carbocycles. The van der Waals surface area contributed by atoms with Crippen molar-refractivity contribution in [1.29, 1.82) is 0 Å². The highest BCUT2D eigenvalue weighted by Gasteiger charge is 2.33. The zero-order valence-corrected chi connectivity index (χ0v) is 10.5. The molecule has 0 aromatic heterocycles. The van der Waals surface area contributed by atoms with E-state index in [4.69, 9.17) is 4.74 Å². The van der Waals surface area contributed by atoms with Crippen molar-refractivity contribution >= 4 is 6.09 Å². The van der Waals surface area contributed by atoms with Gasteiger partial charge in [0, 0.05) is 19.1 Å². The summed E-state index contributed by atoms with van der Waals surface area (Å²) in [5.74, 6) is 0.748. The van der Waals surface area contributed by atoms with Crippen LogP contribution in [0, 0.1) is 5.92 Å². The molecule has 0 aromatic rings. The number of fused-ring (bicyclic) bond motifs is 2. The molecule has 2 aliphatic heterocycles. The summed E-state index contributed by atoms with van der Waals surface area (Å²) in [6.45, 7) is 8.49. The van der Waals surface area contributed by atoms with Crippen LogP contribution in [0.15, 0.2) is 0 Å². The minimum atomic E-state index is -0.393. The fourth-order valence-corrected chi connectivity index (χ4v) is 2.45. The zero-order valence-electron chi connectivity index (χ0n) is 10.5. The van der Waals surface area contributed by atoms with Crippen LogP contribution in [0.2, 0.25) is 0 Å². The average Bonchev–Trinajstić information content (AvgIpc) is 2.42. The van der Waals surface area contributed by atoms with Gasteiger partial charge in [0.2, 0.25) is 0 Å². The number of carbonyl (C=O) groups is 1. The molecule has 2 saturated heterocycles. The molecule has 4 nitrogen and oxygen atoms in total. The lowest BCUT2D eigenvalue weighted by molar-refractivity contribution is 0.0238. The molecule has 4 heteroatoms. The molecule has 0 spiro atoms. The van der Waals surface area contributed by atoms with E-state index in [1.807, 2.05) is 25.7 Å². The van der Waals surface area contributed by atoms with Crippen molar-refractivity contribution in [3.63, 3.8) is 0 Å². The number of carbonyl (C=O) groups excluding carboxylic acids is 1. The SMILES string of the molecule is CC(C)(C)OC(=O)N1CCC2CNC(C2)C1. The predicted octanol–water partition coefficient (Wildman–Crippen LogP) is 1.61. The minimum Gasteiger partial charge on any atom is -0.444 e. The third-order valence-electron chi connectivity index (χ3n) is 3.21. The van der Waals surface area contributed by atoms with Crippen LogP contribution in [0.25, 0.3) is 0 Å². The molecule has 92 valence electrons. The van der Waals surface area contributed by atoms with Gasteiger partial charge in [0.1, 0.15) is 5.60 Å². The van der Waals surface area contributed by atoms with Crippen molar-refractivity contribution < 1.29 is 9.53 Å². The quantitative estimate of drug-likeness (QED) is 0.682. The molecule has 16 heavy (non-hydrogen) atoms. The van der Waals surface area contributed by atoms with E-state index in [0.29, 0.717) is 6.04 Å². The summed E-state index contributed by atoms with van der Waals surface area (Å²) in [6.07, 6.45) is 2.14. The highest BCUT2D eigenvalue weighted by Crippen LogP contribution is 2.23. The van der Waals surface area contributed by atoms with Gasteiger partial charge < -0.3 is 15.0 Å². The van der Waals surface area contributed by atoms with Gasteiger partial charge in [-0.25, -0.2) is 4.79 Å². The van der Waals surface area contributed by atoms with Crippen LogP contribution in [0.1, 0.15) is 33.6 Å². The number of rotatable bonds is 0. The molecule has 0 saturated carbocycles. The number of nitrogens with one attached hydrogen (secondary N) is 1. The second-order valence-electron chi connectivity index (χ2n) is 5.92. The summed E-state index contributed by atoms with van der Waals surface area (Å²) in [5, 5.41) is 3.46. The average molecular weight is 226 g/mol. The van der Waals surface area contributed by atoms with E-state index in [2.05, 4.69) is 5.32 Å². The molecule has 0 aromatic carbocycles. The second kappa shape index (κ2) is 4.24. The molecule has 1 amide bonds. The summed E-state index contributed by atoms with van der Waals surface area (Å²) in [6, 6.07) is 0.472. The molecule has 2 rings (SSSR count). The van der Waals surface area contributed by atoms with Crippen molar-refractivity contribution in [3.05, 3.63) is 0 Å². The highest BCUT2D eigenvalue weighted by atomic mass is 16.6. The van der Waals surface area contributed by atoms with E-state index in [9.17, 15) is 4.79 Å². The number of amides is 1. The molecule has 2 aliphatic rings. The van der Waals surface area contributed by atoms with E-state index in [-0.39, 0.29) is 6.09 Å². The van der Waals surface area contributed by atoms with Gasteiger partial charge in [0.15, 0.2) is 0 Å². The van der Waals surface area contributed by atoms with Gasteiger partial charge in [-0.15, -0.1) is 0 Å². The first-order valence-electron chi connectivity index (χ1n) is 6.15. The fraction of sp³-hybridized carbons (Fsp3) is 0.917. The van der Waals surface area contributed by atoms with E-state index < -0.39 is 5.60 Å². The fourth-order valence-electron chi connectivity index (χ4n) is 2.45. The van der Waals surface area contributed by atoms with Gasteiger partial charge in [0.05, 0.1) is 0 Å². The molecule has 0 radical (unpaired) electrons. The van der Waals surface area contributed by atoms with Gasteiger partial charge in [-0.05, 0) is 46.1 Å². The number of hydrogen-bond acceptors (Lipinski definition) is 3. The van der Waals surface area contributed by atoms with Crippen molar-refractivity contribution in [3.8, 4) is 0 Å².